The highest BCUT2D eigenvalue weighted by molar-refractivity contribution is 5.74. The van der Waals surface area contributed by atoms with Crippen LogP contribution in [0, 0.1) is 6.92 Å². The molecule has 5 nitrogen and oxygen atoms in total. The van der Waals surface area contributed by atoms with E-state index >= 15 is 0 Å². The summed E-state index contributed by atoms with van der Waals surface area (Å²) in [5.74, 6) is 1.97. The molecular formula is C15H22N4O. The van der Waals surface area contributed by atoms with Gasteiger partial charge in [-0.15, -0.1) is 0 Å². The minimum atomic E-state index is 0.0637. The molecule has 108 valence electrons. The van der Waals surface area contributed by atoms with Crippen LogP contribution in [0.25, 0.3) is 0 Å². The SMILES string of the molecule is CC(=O)N1CCC[C@H]1c1nc(C)cc(N2CCCC2)n1. The van der Waals surface area contributed by atoms with Crippen LogP contribution in [0.15, 0.2) is 6.07 Å². The minimum absolute atomic E-state index is 0.0637. The van der Waals surface area contributed by atoms with Crippen LogP contribution in [-0.2, 0) is 4.79 Å². The lowest BCUT2D eigenvalue weighted by Crippen LogP contribution is -2.30. The molecule has 20 heavy (non-hydrogen) atoms. The van der Waals surface area contributed by atoms with Gasteiger partial charge in [0.15, 0.2) is 5.82 Å². The Balaban J connectivity index is 1.90. The Bertz CT molecular complexity index is 511. The number of aryl methyl sites for hydroxylation is 1. The predicted molar refractivity (Wildman–Crippen MR) is 77.6 cm³/mol. The van der Waals surface area contributed by atoms with Crippen molar-refractivity contribution in [3.63, 3.8) is 0 Å². The third-order valence-corrected chi connectivity index (χ3v) is 4.24. The molecule has 0 aliphatic carbocycles. The van der Waals surface area contributed by atoms with Gasteiger partial charge >= 0.3 is 0 Å². The van der Waals surface area contributed by atoms with Crippen LogP contribution in [-0.4, -0.2) is 40.4 Å². The normalized spacial score (nSPS) is 22.6. The Labute approximate surface area is 120 Å². The van der Waals surface area contributed by atoms with Crippen molar-refractivity contribution < 1.29 is 4.79 Å². The quantitative estimate of drug-likeness (QED) is 0.828. The van der Waals surface area contributed by atoms with E-state index in [2.05, 4.69) is 16.0 Å². The number of carbonyl (C=O) groups excluding carboxylic acids is 1. The van der Waals surface area contributed by atoms with E-state index in [0.717, 1.165) is 49.8 Å². The van der Waals surface area contributed by atoms with Gasteiger partial charge in [0.1, 0.15) is 5.82 Å². The van der Waals surface area contributed by atoms with Crippen molar-refractivity contribution in [3.05, 3.63) is 17.6 Å². The molecule has 2 aliphatic rings. The van der Waals surface area contributed by atoms with E-state index in [-0.39, 0.29) is 11.9 Å². The van der Waals surface area contributed by atoms with E-state index < -0.39 is 0 Å². The molecule has 1 aromatic heterocycles. The largest absolute Gasteiger partial charge is 0.357 e. The summed E-state index contributed by atoms with van der Waals surface area (Å²) in [6, 6.07) is 2.12. The maximum absolute atomic E-state index is 11.7. The first-order chi connectivity index (χ1) is 9.65. The maximum Gasteiger partial charge on any atom is 0.220 e. The number of hydrogen-bond acceptors (Lipinski definition) is 4. The number of rotatable bonds is 2. The monoisotopic (exact) mass is 274 g/mol. The third-order valence-electron chi connectivity index (χ3n) is 4.24. The number of likely N-dealkylation sites (tertiary alicyclic amines) is 1. The second kappa shape index (κ2) is 5.38. The summed E-state index contributed by atoms with van der Waals surface area (Å²) < 4.78 is 0. The molecule has 2 fully saturated rings. The Morgan fingerprint density at radius 1 is 1.20 bits per heavy atom. The predicted octanol–water partition coefficient (Wildman–Crippen LogP) is 2.07. The summed E-state index contributed by atoms with van der Waals surface area (Å²) in [6.45, 7) is 6.64. The zero-order valence-corrected chi connectivity index (χ0v) is 12.3. The smallest absolute Gasteiger partial charge is 0.220 e. The van der Waals surface area contributed by atoms with E-state index in [1.54, 1.807) is 6.92 Å². The molecule has 2 aliphatic heterocycles. The topological polar surface area (TPSA) is 49.3 Å². The van der Waals surface area contributed by atoms with Crippen molar-refractivity contribution in [2.45, 2.75) is 45.6 Å². The van der Waals surface area contributed by atoms with E-state index in [1.165, 1.54) is 12.8 Å². The van der Waals surface area contributed by atoms with Gasteiger partial charge in [0.05, 0.1) is 6.04 Å². The van der Waals surface area contributed by atoms with Crippen LogP contribution in [0.5, 0.6) is 0 Å². The summed E-state index contributed by atoms with van der Waals surface area (Å²) in [4.78, 5) is 25.3. The van der Waals surface area contributed by atoms with Gasteiger partial charge in [-0.05, 0) is 32.6 Å². The van der Waals surface area contributed by atoms with Gasteiger partial charge in [-0.25, -0.2) is 9.97 Å². The molecule has 0 aromatic carbocycles. The van der Waals surface area contributed by atoms with Crippen LogP contribution in [0.4, 0.5) is 5.82 Å². The van der Waals surface area contributed by atoms with Crippen LogP contribution in [0.3, 0.4) is 0 Å². The zero-order chi connectivity index (χ0) is 14.1. The number of aromatic nitrogens is 2. The number of nitrogens with zero attached hydrogens (tertiary/aromatic N) is 4. The number of anilines is 1. The van der Waals surface area contributed by atoms with E-state index in [1.807, 2.05) is 11.8 Å². The molecule has 0 radical (unpaired) electrons. The standard InChI is InChI=1S/C15H22N4O/c1-11-10-14(18-7-3-4-8-18)17-15(16-11)13-6-5-9-19(13)12(2)20/h10,13H,3-9H2,1-2H3/t13-/m0/s1. The van der Waals surface area contributed by atoms with Gasteiger partial charge in [0, 0.05) is 38.3 Å². The molecule has 0 bridgehead atoms. The van der Waals surface area contributed by atoms with Crippen LogP contribution in [0.1, 0.15) is 50.2 Å². The van der Waals surface area contributed by atoms with Gasteiger partial charge < -0.3 is 9.80 Å². The highest BCUT2D eigenvalue weighted by atomic mass is 16.2. The van der Waals surface area contributed by atoms with E-state index in [4.69, 9.17) is 4.98 Å². The lowest BCUT2D eigenvalue weighted by atomic mass is 10.2. The molecule has 3 rings (SSSR count). The van der Waals surface area contributed by atoms with Crippen molar-refractivity contribution in [3.8, 4) is 0 Å². The number of carbonyl (C=O) groups is 1. The fourth-order valence-electron chi connectivity index (χ4n) is 3.24. The number of hydrogen-bond donors (Lipinski definition) is 0. The summed E-state index contributed by atoms with van der Waals surface area (Å²) in [5.41, 5.74) is 0.993. The maximum atomic E-state index is 11.7. The summed E-state index contributed by atoms with van der Waals surface area (Å²) in [7, 11) is 0. The van der Waals surface area contributed by atoms with Crippen molar-refractivity contribution in [1.29, 1.82) is 0 Å². The Kier molecular flexibility index (Phi) is 3.59. The Morgan fingerprint density at radius 2 is 1.95 bits per heavy atom. The highest BCUT2D eigenvalue weighted by Crippen LogP contribution is 2.31. The fraction of sp³-hybridized carbons (Fsp3) is 0.667. The molecule has 2 saturated heterocycles. The van der Waals surface area contributed by atoms with Gasteiger partial charge in [0.25, 0.3) is 0 Å². The second-order valence-corrected chi connectivity index (χ2v) is 5.79. The van der Waals surface area contributed by atoms with Crippen molar-refractivity contribution in [2.24, 2.45) is 0 Å². The minimum Gasteiger partial charge on any atom is -0.357 e. The lowest BCUT2D eigenvalue weighted by molar-refractivity contribution is -0.129. The molecular weight excluding hydrogens is 252 g/mol. The van der Waals surface area contributed by atoms with E-state index in [9.17, 15) is 4.79 Å². The summed E-state index contributed by atoms with van der Waals surface area (Å²) >= 11 is 0. The summed E-state index contributed by atoms with van der Waals surface area (Å²) in [6.07, 6.45) is 4.49. The average Bonchev–Trinajstić information content (AvgIpc) is 3.09. The first-order valence-corrected chi connectivity index (χ1v) is 7.53. The summed E-state index contributed by atoms with van der Waals surface area (Å²) in [5, 5.41) is 0. The van der Waals surface area contributed by atoms with Crippen LogP contribution in [0.2, 0.25) is 0 Å². The zero-order valence-electron chi connectivity index (χ0n) is 12.3. The average molecular weight is 274 g/mol. The highest BCUT2D eigenvalue weighted by Gasteiger charge is 2.30. The molecule has 1 amide bonds. The van der Waals surface area contributed by atoms with E-state index in [0.29, 0.717) is 0 Å². The molecule has 1 aromatic rings. The third kappa shape index (κ3) is 2.49. The molecule has 0 spiro atoms. The van der Waals surface area contributed by atoms with Gasteiger partial charge in [-0.2, -0.15) is 0 Å². The van der Waals surface area contributed by atoms with Crippen LogP contribution < -0.4 is 4.90 Å². The number of amides is 1. The Morgan fingerprint density at radius 3 is 2.65 bits per heavy atom. The van der Waals surface area contributed by atoms with Gasteiger partial charge in [-0.3, -0.25) is 4.79 Å². The first-order valence-electron chi connectivity index (χ1n) is 7.53. The first kappa shape index (κ1) is 13.3. The fourth-order valence-corrected chi connectivity index (χ4v) is 3.24. The lowest BCUT2D eigenvalue weighted by Gasteiger charge is -2.24. The molecule has 5 heteroatoms. The van der Waals surface area contributed by atoms with Crippen molar-refractivity contribution in [2.75, 3.05) is 24.5 Å². The van der Waals surface area contributed by atoms with Gasteiger partial charge in [-0.1, -0.05) is 0 Å². The molecule has 1 atom stereocenters. The van der Waals surface area contributed by atoms with Crippen molar-refractivity contribution >= 4 is 11.7 Å². The van der Waals surface area contributed by atoms with Crippen LogP contribution >= 0.6 is 0 Å². The second-order valence-electron chi connectivity index (χ2n) is 5.79. The van der Waals surface area contributed by atoms with Crippen molar-refractivity contribution in [1.82, 2.24) is 14.9 Å². The molecule has 0 saturated carbocycles. The van der Waals surface area contributed by atoms with Gasteiger partial charge in [0.2, 0.25) is 5.91 Å². The molecule has 0 unspecified atom stereocenters. The molecule has 3 heterocycles. The molecule has 0 N–H and O–H groups in total. The Hall–Kier alpha value is -1.65.